The van der Waals surface area contributed by atoms with Crippen molar-refractivity contribution in [3.05, 3.63) is 0 Å². The number of aliphatic hydroxyl groups excluding tert-OH is 1. The summed E-state index contributed by atoms with van der Waals surface area (Å²) in [6.45, 7) is 1.42. The van der Waals surface area contributed by atoms with Crippen molar-refractivity contribution in [1.29, 1.82) is 0 Å². The standard InChI is InChI=1S/C8H12O4/c1-5(9)8(7(11)12)3-2-6(10)4-8/h5,9H,2-4H2,1H3,(H,11,12)/t5-,8-/m1/s1. The van der Waals surface area contributed by atoms with Crippen molar-refractivity contribution >= 4 is 11.8 Å². The van der Waals surface area contributed by atoms with Gasteiger partial charge in [-0.05, 0) is 13.3 Å². The van der Waals surface area contributed by atoms with Gasteiger partial charge >= 0.3 is 5.97 Å². The van der Waals surface area contributed by atoms with Crippen LogP contribution in [0.5, 0.6) is 0 Å². The Hall–Kier alpha value is -0.900. The molecule has 2 N–H and O–H groups in total. The summed E-state index contributed by atoms with van der Waals surface area (Å²) >= 11 is 0. The summed E-state index contributed by atoms with van der Waals surface area (Å²) in [4.78, 5) is 21.7. The smallest absolute Gasteiger partial charge is 0.312 e. The molecule has 0 aliphatic heterocycles. The molecule has 4 nitrogen and oxygen atoms in total. The fourth-order valence-corrected chi connectivity index (χ4v) is 1.61. The highest BCUT2D eigenvalue weighted by molar-refractivity contribution is 5.90. The number of hydrogen-bond acceptors (Lipinski definition) is 3. The van der Waals surface area contributed by atoms with E-state index in [-0.39, 0.29) is 25.0 Å². The zero-order chi connectivity index (χ0) is 9.35. The summed E-state index contributed by atoms with van der Waals surface area (Å²) in [7, 11) is 0. The Kier molecular flexibility index (Phi) is 2.19. The van der Waals surface area contributed by atoms with Crippen LogP contribution >= 0.6 is 0 Å². The van der Waals surface area contributed by atoms with E-state index < -0.39 is 17.5 Å². The van der Waals surface area contributed by atoms with Crippen LogP contribution in [0, 0.1) is 5.41 Å². The van der Waals surface area contributed by atoms with Crippen molar-refractivity contribution < 1.29 is 19.8 Å². The monoisotopic (exact) mass is 172 g/mol. The highest BCUT2D eigenvalue weighted by Gasteiger charge is 2.48. The number of aliphatic carboxylic acids is 1. The van der Waals surface area contributed by atoms with Gasteiger partial charge in [0.15, 0.2) is 0 Å². The minimum atomic E-state index is -1.21. The number of ketones is 1. The van der Waals surface area contributed by atoms with E-state index in [1.807, 2.05) is 0 Å². The van der Waals surface area contributed by atoms with Crippen molar-refractivity contribution in [3.63, 3.8) is 0 Å². The number of carboxylic acid groups (broad SMARTS) is 1. The first-order valence-corrected chi connectivity index (χ1v) is 3.92. The molecular formula is C8H12O4. The molecule has 1 rings (SSSR count). The van der Waals surface area contributed by atoms with Gasteiger partial charge in [0, 0.05) is 12.8 Å². The zero-order valence-corrected chi connectivity index (χ0v) is 6.91. The predicted octanol–water partition coefficient (Wildman–Crippen LogP) is 0.191. The lowest BCUT2D eigenvalue weighted by Gasteiger charge is -2.25. The van der Waals surface area contributed by atoms with Crippen LogP contribution in [0.2, 0.25) is 0 Å². The summed E-state index contributed by atoms with van der Waals surface area (Å²) in [5, 5.41) is 18.1. The first-order chi connectivity index (χ1) is 5.49. The Labute approximate surface area is 70.2 Å². The summed E-state index contributed by atoms with van der Waals surface area (Å²) in [6, 6.07) is 0. The van der Waals surface area contributed by atoms with Gasteiger partial charge in [0.1, 0.15) is 11.2 Å². The molecule has 0 spiro atoms. The SMILES string of the molecule is C[C@@H](O)[C@@]1(C(=O)O)CCC(=O)C1. The van der Waals surface area contributed by atoms with Crippen LogP contribution in [0.15, 0.2) is 0 Å². The quantitative estimate of drug-likeness (QED) is 0.623. The summed E-state index contributed by atoms with van der Waals surface area (Å²) in [6.07, 6.45) is -0.447. The first-order valence-electron chi connectivity index (χ1n) is 3.92. The van der Waals surface area contributed by atoms with Gasteiger partial charge in [0.25, 0.3) is 0 Å². The van der Waals surface area contributed by atoms with Crippen LogP contribution in [0.25, 0.3) is 0 Å². The predicted molar refractivity (Wildman–Crippen MR) is 40.6 cm³/mol. The van der Waals surface area contributed by atoms with Crippen LogP contribution in [0.1, 0.15) is 26.2 Å². The third kappa shape index (κ3) is 1.22. The van der Waals surface area contributed by atoms with E-state index in [1.54, 1.807) is 0 Å². The lowest BCUT2D eigenvalue weighted by Crippen LogP contribution is -2.38. The highest BCUT2D eigenvalue weighted by atomic mass is 16.4. The molecule has 0 aromatic rings. The Bertz CT molecular complexity index is 221. The molecule has 0 unspecified atom stereocenters. The third-order valence-electron chi connectivity index (χ3n) is 2.59. The van der Waals surface area contributed by atoms with Gasteiger partial charge < -0.3 is 10.2 Å². The summed E-state index contributed by atoms with van der Waals surface area (Å²) in [5.41, 5.74) is -1.21. The van der Waals surface area contributed by atoms with E-state index in [4.69, 9.17) is 5.11 Å². The van der Waals surface area contributed by atoms with Crippen molar-refractivity contribution in [2.45, 2.75) is 32.3 Å². The summed E-state index contributed by atoms with van der Waals surface area (Å²) < 4.78 is 0. The highest BCUT2D eigenvalue weighted by Crippen LogP contribution is 2.39. The molecule has 1 saturated carbocycles. The maximum absolute atomic E-state index is 10.9. The van der Waals surface area contributed by atoms with Gasteiger partial charge in [-0.15, -0.1) is 0 Å². The first kappa shape index (κ1) is 9.19. The van der Waals surface area contributed by atoms with Crippen LogP contribution in [0.3, 0.4) is 0 Å². The van der Waals surface area contributed by atoms with E-state index in [2.05, 4.69) is 0 Å². The van der Waals surface area contributed by atoms with Crippen molar-refractivity contribution in [1.82, 2.24) is 0 Å². The number of carboxylic acids is 1. The van der Waals surface area contributed by atoms with Crippen molar-refractivity contribution in [2.75, 3.05) is 0 Å². The lowest BCUT2D eigenvalue weighted by atomic mass is 9.81. The van der Waals surface area contributed by atoms with Gasteiger partial charge in [-0.3, -0.25) is 9.59 Å². The van der Waals surface area contributed by atoms with Gasteiger partial charge in [0.2, 0.25) is 0 Å². The molecular weight excluding hydrogens is 160 g/mol. The molecule has 0 heterocycles. The molecule has 4 heteroatoms. The fourth-order valence-electron chi connectivity index (χ4n) is 1.61. The molecule has 0 saturated heterocycles. The van der Waals surface area contributed by atoms with E-state index in [9.17, 15) is 14.7 Å². The molecule has 2 atom stereocenters. The van der Waals surface area contributed by atoms with E-state index in [0.717, 1.165) is 0 Å². The number of hydrogen-bond donors (Lipinski definition) is 2. The second-order valence-electron chi connectivity index (χ2n) is 3.35. The fraction of sp³-hybridized carbons (Fsp3) is 0.750. The topological polar surface area (TPSA) is 74.6 Å². The van der Waals surface area contributed by atoms with Gasteiger partial charge in [0.05, 0.1) is 6.10 Å². The number of rotatable bonds is 2. The molecule has 68 valence electrons. The van der Waals surface area contributed by atoms with Gasteiger partial charge in [-0.1, -0.05) is 0 Å². The second-order valence-corrected chi connectivity index (χ2v) is 3.35. The zero-order valence-electron chi connectivity index (χ0n) is 6.91. The van der Waals surface area contributed by atoms with Crippen molar-refractivity contribution in [3.8, 4) is 0 Å². The molecule has 0 aromatic heterocycles. The maximum Gasteiger partial charge on any atom is 0.312 e. The van der Waals surface area contributed by atoms with Crippen LogP contribution in [-0.4, -0.2) is 28.1 Å². The van der Waals surface area contributed by atoms with Crippen LogP contribution in [0.4, 0.5) is 0 Å². The summed E-state index contributed by atoms with van der Waals surface area (Å²) in [5.74, 6) is -1.14. The normalized spacial score (nSPS) is 32.0. The van der Waals surface area contributed by atoms with E-state index >= 15 is 0 Å². The molecule has 1 aliphatic rings. The number of carbonyl (C=O) groups excluding carboxylic acids is 1. The molecule has 12 heavy (non-hydrogen) atoms. The number of carbonyl (C=O) groups is 2. The lowest BCUT2D eigenvalue weighted by molar-refractivity contribution is -0.156. The van der Waals surface area contributed by atoms with E-state index in [1.165, 1.54) is 6.92 Å². The average molecular weight is 172 g/mol. The maximum atomic E-state index is 10.9. The minimum absolute atomic E-state index is 0.0278. The second kappa shape index (κ2) is 2.86. The average Bonchev–Trinajstić information content (AvgIpc) is 2.32. The molecule has 0 aromatic carbocycles. The molecule has 1 aliphatic carbocycles. The Morgan fingerprint density at radius 1 is 1.67 bits per heavy atom. The molecule has 0 amide bonds. The van der Waals surface area contributed by atoms with Crippen LogP contribution < -0.4 is 0 Å². The third-order valence-corrected chi connectivity index (χ3v) is 2.59. The van der Waals surface area contributed by atoms with Crippen LogP contribution in [-0.2, 0) is 9.59 Å². The Balaban J connectivity index is 2.89. The van der Waals surface area contributed by atoms with Gasteiger partial charge in [-0.25, -0.2) is 0 Å². The van der Waals surface area contributed by atoms with Gasteiger partial charge in [-0.2, -0.15) is 0 Å². The largest absolute Gasteiger partial charge is 0.481 e. The Morgan fingerprint density at radius 2 is 2.25 bits per heavy atom. The minimum Gasteiger partial charge on any atom is -0.481 e. The Morgan fingerprint density at radius 3 is 2.42 bits per heavy atom. The molecule has 1 fully saturated rings. The number of aliphatic hydroxyl groups is 1. The molecule has 0 radical (unpaired) electrons. The van der Waals surface area contributed by atoms with Crippen molar-refractivity contribution in [2.24, 2.45) is 5.41 Å². The van der Waals surface area contributed by atoms with E-state index in [0.29, 0.717) is 0 Å². The number of Topliss-reactive ketones (excluding diaryl/α,β-unsaturated/α-hetero) is 1. The molecule has 0 bridgehead atoms.